The number of rotatable bonds is 1. The second-order valence-electron chi connectivity index (χ2n) is 4.52. The maximum absolute atomic E-state index is 11.2. The number of ketones is 1. The van der Waals surface area contributed by atoms with Crippen molar-refractivity contribution in [3.8, 4) is 0 Å². The summed E-state index contributed by atoms with van der Waals surface area (Å²) in [5.41, 5.74) is -0.553. The number of carbonyl (C=O) groups excluding carboxylic acids is 2. The molecule has 1 saturated heterocycles. The lowest BCUT2D eigenvalue weighted by Crippen LogP contribution is -2.37. The van der Waals surface area contributed by atoms with Crippen LogP contribution in [-0.4, -0.2) is 35.7 Å². The van der Waals surface area contributed by atoms with Crippen LogP contribution in [0.25, 0.3) is 0 Å². The smallest absolute Gasteiger partial charge is 0.427 e. The molecule has 0 aromatic rings. The van der Waals surface area contributed by atoms with Crippen LogP contribution in [0.3, 0.4) is 0 Å². The maximum Gasteiger partial charge on any atom is 0.528 e. The van der Waals surface area contributed by atoms with E-state index in [0.29, 0.717) is 25.9 Å². The first-order chi connectivity index (χ1) is 6.87. The highest BCUT2D eigenvalue weighted by Crippen LogP contribution is 2.11. The van der Waals surface area contributed by atoms with Crippen LogP contribution >= 0.6 is 0 Å². The lowest BCUT2D eigenvalue weighted by molar-refractivity contribution is -0.158. The highest BCUT2D eigenvalue weighted by atomic mass is 16.8. The Kier molecular flexibility index (Phi) is 3.68. The Morgan fingerprint density at radius 3 is 2.27 bits per heavy atom. The third-order valence-electron chi connectivity index (χ3n) is 1.87. The van der Waals surface area contributed by atoms with Gasteiger partial charge in [0.25, 0.3) is 0 Å². The van der Waals surface area contributed by atoms with Gasteiger partial charge in [-0.2, -0.15) is 0 Å². The quantitative estimate of drug-likeness (QED) is 0.621. The third kappa shape index (κ3) is 4.78. The normalized spacial score (nSPS) is 18.7. The zero-order chi connectivity index (χ0) is 11.5. The highest BCUT2D eigenvalue weighted by molar-refractivity contribution is 5.79. The standard InChI is InChI=1S/C10H17NO4/c1-10(2,3)14-9(13)15-11-6-4-8(12)5-7-11/h4-7H2,1-3H3. The summed E-state index contributed by atoms with van der Waals surface area (Å²) in [4.78, 5) is 27.1. The number of carbonyl (C=O) groups is 2. The summed E-state index contributed by atoms with van der Waals surface area (Å²) in [5, 5.41) is 1.47. The molecule has 5 heteroatoms. The van der Waals surface area contributed by atoms with Gasteiger partial charge in [-0.25, -0.2) is 4.79 Å². The first-order valence-electron chi connectivity index (χ1n) is 5.04. The van der Waals surface area contributed by atoms with Crippen molar-refractivity contribution in [3.05, 3.63) is 0 Å². The Morgan fingerprint density at radius 2 is 1.80 bits per heavy atom. The van der Waals surface area contributed by atoms with Gasteiger partial charge < -0.3 is 9.57 Å². The van der Waals surface area contributed by atoms with Crippen molar-refractivity contribution in [1.29, 1.82) is 0 Å². The van der Waals surface area contributed by atoms with E-state index in [1.54, 1.807) is 20.8 Å². The lowest BCUT2D eigenvalue weighted by atomic mass is 10.1. The summed E-state index contributed by atoms with van der Waals surface area (Å²) in [6.07, 6.45) is 0.155. The molecule has 0 aliphatic carbocycles. The topological polar surface area (TPSA) is 55.8 Å². The molecular weight excluding hydrogens is 198 g/mol. The number of piperidine rings is 1. The second kappa shape index (κ2) is 4.61. The molecule has 0 atom stereocenters. The van der Waals surface area contributed by atoms with E-state index in [-0.39, 0.29) is 5.78 Å². The van der Waals surface area contributed by atoms with E-state index in [4.69, 9.17) is 9.57 Å². The second-order valence-corrected chi connectivity index (χ2v) is 4.52. The summed E-state index contributed by atoms with van der Waals surface area (Å²) < 4.78 is 4.98. The average molecular weight is 215 g/mol. The van der Waals surface area contributed by atoms with Crippen molar-refractivity contribution in [2.75, 3.05) is 13.1 Å². The Bertz CT molecular complexity index is 247. The molecule has 0 amide bonds. The van der Waals surface area contributed by atoms with Crippen molar-refractivity contribution in [2.24, 2.45) is 0 Å². The fraction of sp³-hybridized carbons (Fsp3) is 0.800. The summed E-state index contributed by atoms with van der Waals surface area (Å²) in [5.74, 6) is 0.207. The van der Waals surface area contributed by atoms with Crippen molar-refractivity contribution in [3.63, 3.8) is 0 Å². The monoisotopic (exact) mass is 215 g/mol. The zero-order valence-corrected chi connectivity index (χ0v) is 9.41. The fourth-order valence-corrected chi connectivity index (χ4v) is 1.20. The molecule has 0 aromatic heterocycles. The molecule has 5 nitrogen and oxygen atoms in total. The molecule has 15 heavy (non-hydrogen) atoms. The van der Waals surface area contributed by atoms with E-state index >= 15 is 0 Å². The van der Waals surface area contributed by atoms with E-state index in [1.807, 2.05) is 0 Å². The predicted octanol–water partition coefficient (Wildman–Crippen LogP) is 1.52. The van der Waals surface area contributed by atoms with E-state index < -0.39 is 11.8 Å². The van der Waals surface area contributed by atoms with Gasteiger partial charge in [-0.1, -0.05) is 0 Å². The molecule has 0 radical (unpaired) electrons. The first kappa shape index (κ1) is 12.0. The molecule has 0 bridgehead atoms. The number of Topliss-reactive ketones (excluding diaryl/α,β-unsaturated/α-hetero) is 1. The molecule has 1 aliphatic rings. The summed E-state index contributed by atoms with van der Waals surface area (Å²) in [6, 6.07) is 0. The van der Waals surface area contributed by atoms with Crippen molar-refractivity contribution in [1.82, 2.24) is 5.06 Å². The summed E-state index contributed by atoms with van der Waals surface area (Å²) in [6.45, 7) is 6.23. The van der Waals surface area contributed by atoms with Crippen molar-refractivity contribution >= 4 is 11.9 Å². The molecular formula is C10H17NO4. The number of hydrogen-bond acceptors (Lipinski definition) is 5. The minimum absolute atomic E-state index is 0.207. The van der Waals surface area contributed by atoms with Gasteiger partial charge >= 0.3 is 6.16 Å². The van der Waals surface area contributed by atoms with Crippen molar-refractivity contribution in [2.45, 2.75) is 39.2 Å². The van der Waals surface area contributed by atoms with Gasteiger partial charge in [-0.15, -0.1) is 5.06 Å². The van der Waals surface area contributed by atoms with Crippen molar-refractivity contribution < 1.29 is 19.2 Å². The van der Waals surface area contributed by atoms with E-state index in [9.17, 15) is 9.59 Å². The van der Waals surface area contributed by atoms with Gasteiger partial charge in [-0.05, 0) is 20.8 Å². The van der Waals surface area contributed by atoms with Gasteiger partial charge in [0.1, 0.15) is 11.4 Å². The Balaban J connectivity index is 2.29. The van der Waals surface area contributed by atoms with Gasteiger partial charge in [0, 0.05) is 25.9 Å². The predicted molar refractivity (Wildman–Crippen MR) is 53.1 cm³/mol. The van der Waals surface area contributed by atoms with Crippen LogP contribution in [0.1, 0.15) is 33.6 Å². The van der Waals surface area contributed by atoms with E-state index in [1.165, 1.54) is 5.06 Å². The van der Waals surface area contributed by atoms with Crippen LogP contribution in [0.4, 0.5) is 4.79 Å². The van der Waals surface area contributed by atoms with Gasteiger partial charge in [0.15, 0.2) is 0 Å². The molecule has 0 spiro atoms. The number of hydrogen-bond donors (Lipinski definition) is 0. The highest BCUT2D eigenvalue weighted by Gasteiger charge is 2.23. The van der Waals surface area contributed by atoms with E-state index in [0.717, 1.165) is 0 Å². The molecule has 0 saturated carbocycles. The van der Waals surface area contributed by atoms with Gasteiger partial charge in [0.05, 0.1) is 0 Å². The van der Waals surface area contributed by atoms with Crippen LogP contribution in [0.15, 0.2) is 0 Å². The maximum atomic E-state index is 11.2. The van der Waals surface area contributed by atoms with Crippen LogP contribution in [0.5, 0.6) is 0 Å². The molecule has 1 aliphatic heterocycles. The molecule has 86 valence electrons. The Labute approximate surface area is 89.3 Å². The fourth-order valence-electron chi connectivity index (χ4n) is 1.20. The van der Waals surface area contributed by atoms with Gasteiger partial charge in [-0.3, -0.25) is 4.79 Å². The molecule has 0 aromatic carbocycles. The average Bonchev–Trinajstić information content (AvgIpc) is 2.05. The third-order valence-corrected chi connectivity index (χ3v) is 1.87. The Hall–Kier alpha value is -1.10. The van der Waals surface area contributed by atoms with Crippen LogP contribution < -0.4 is 0 Å². The summed E-state index contributed by atoms with van der Waals surface area (Å²) >= 11 is 0. The number of nitrogens with zero attached hydrogens (tertiary/aromatic N) is 1. The molecule has 0 N–H and O–H groups in total. The summed E-state index contributed by atoms with van der Waals surface area (Å²) in [7, 11) is 0. The SMILES string of the molecule is CC(C)(C)OC(=O)ON1CCC(=O)CC1. The zero-order valence-electron chi connectivity index (χ0n) is 9.41. The molecule has 1 heterocycles. The minimum atomic E-state index is -0.711. The van der Waals surface area contributed by atoms with Crippen LogP contribution in [-0.2, 0) is 14.4 Å². The number of hydroxylamine groups is 2. The van der Waals surface area contributed by atoms with Crippen LogP contribution in [0.2, 0.25) is 0 Å². The minimum Gasteiger partial charge on any atom is -0.427 e. The molecule has 0 unspecified atom stereocenters. The largest absolute Gasteiger partial charge is 0.528 e. The lowest BCUT2D eigenvalue weighted by Gasteiger charge is -2.26. The van der Waals surface area contributed by atoms with Crippen LogP contribution in [0, 0.1) is 0 Å². The first-order valence-corrected chi connectivity index (χ1v) is 5.04. The van der Waals surface area contributed by atoms with Gasteiger partial charge in [0.2, 0.25) is 0 Å². The van der Waals surface area contributed by atoms with E-state index in [2.05, 4.69) is 0 Å². The molecule has 1 rings (SSSR count). The Morgan fingerprint density at radius 1 is 1.27 bits per heavy atom. The number of ether oxygens (including phenoxy) is 1. The molecule has 1 fully saturated rings.